The van der Waals surface area contributed by atoms with Gasteiger partial charge in [0.2, 0.25) is 0 Å². The van der Waals surface area contributed by atoms with E-state index in [4.69, 9.17) is 0 Å². The number of rotatable bonds is 1. The van der Waals surface area contributed by atoms with Crippen molar-refractivity contribution in [3.05, 3.63) is 0 Å². The summed E-state index contributed by atoms with van der Waals surface area (Å²) >= 11 is 0. The van der Waals surface area contributed by atoms with E-state index in [-0.39, 0.29) is 0 Å². The van der Waals surface area contributed by atoms with E-state index < -0.39 is 0 Å². The molecule has 0 N–H and O–H groups in total. The van der Waals surface area contributed by atoms with Crippen LogP contribution in [0.2, 0.25) is 0 Å². The number of carbonyl (C=O) groups excluding carboxylic acids is 1. The zero-order chi connectivity index (χ0) is 7.90. The molecule has 0 aromatic carbocycles. The summed E-state index contributed by atoms with van der Waals surface area (Å²) in [5.74, 6) is 1.03. The molecular weight excluding hydrogens is 136 g/mol. The third kappa shape index (κ3) is 0.863. The number of ketones is 1. The van der Waals surface area contributed by atoms with Crippen molar-refractivity contribution in [1.82, 2.24) is 0 Å². The second-order valence-corrected chi connectivity index (χ2v) is 4.13. The highest BCUT2D eigenvalue weighted by molar-refractivity contribution is 5.83. The molecule has 2 aliphatic carbocycles. The second kappa shape index (κ2) is 2.33. The molecule has 0 aromatic heterocycles. The van der Waals surface area contributed by atoms with Gasteiger partial charge in [-0.05, 0) is 37.5 Å². The molecule has 0 heterocycles. The molecule has 2 aliphatic rings. The summed E-state index contributed by atoms with van der Waals surface area (Å²) in [6.45, 7) is 2.24. The van der Waals surface area contributed by atoms with E-state index in [1.807, 2.05) is 0 Å². The highest BCUT2D eigenvalue weighted by atomic mass is 16.1. The van der Waals surface area contributed by atoms with Crippen LogP contribution in [0.4, 0.5) is 0 Å². The predicted octanol–water partition coefficient (Wildman–Crippen LogP) is 2.55. The molecule has 2 rings (SSSR count). The number of carbonyl (C=O) groups is 1. The van der Waals surface area contributed by atoms with Gasteiger partial charge in [-0.1, -0.05) is 6.92 Å². The normalized spacial score (nSPS) is 43.0. The summed E-state index contributed by atoms with van der Waals surface area (Å²) in [5, 5.41) is 0. The van der Waals surface area contributed by atoms with Crippen molar-refractivity contribution in [2.24, 2.45) is 11.3 Å². The summed E-state index contributed by atoms with van der Waals surface area (Å²) in [6.07, 6.45) is 7.07. The molecule has 0 unspecified atom stereocenters. The van der Waals surface area contributed by atoms with Gasteiger partial charge in [0, 0.05) is 12.3 Å². The highest BCUT2D eigenvalue weighted by Gasteiger charge is 2.50. The van der Waals surface area contributed by atoms with Crippen LogP contribution < -0.4 is 0 Å². The molecule has 0 saturated heterocycles. The van der Waals surface area contributed by atoms with E-state index in [2.05, 4.69) is 6.92 Å². The quantitative estimate of drug-likeness (QED) is 0.564. The van der Waals surface area contributed by atoms with Gasteiger partial charge in [-0.25, -0.2) is 0 Å². The zero-order valence-electron chi connectivity index (χ0n) is 7.23. The first-order valence-corrected chi connectivity index (χ1v) is 4.81. The van der Waals surface area contributed by atoms with Gasteiger partial charge in [0.15, 0.2) is 0 Å². The SMILES string of the molecule is CC[C@@]12CCCC(=O)[C@@H]1CC2. The molecule has 62 valence electrons. The number of hydrogen-bond donors (Lipinski definition) is 0. The Bertz CT molecular complexity index is 181. The molecule has 2 atom stereocenters. The van der Waals surface area contributed by atoms with Crippen LogP contribution in [0.25, 0.3) is 0 Å². The van der Waals surface area contributed by atoms with Crippen molar-refractivity contribution in [1.29, 1.82) is 0 Å². The van der Waals surface area contributed by atoms with Gasteiger partial charge in [-0.3, -0.25) is 4.79 Å². The van der Waals surface area contributed by atoms with E-state index in [9.17, 15) is 4.79 Å². The maximum Gasteiger partial charge on any atom is 0.136 e. The van der Waals surface area contributed by atoms with Gasteiger partial charge in [0.1, 0.15) is 5.78 Å². The van der Waals surface area contributed by atoms with Crippen LogP contribution in [0.3, 0.4) is 0 Å². The summed E-state index contributed by atoms with van der Waals surface area (Å²) in [7, 11) is 0. The lowest BCUT2D eigenvalue weighted by Gasteiger charge is -2.51. The van der Waals surface area contributed by atoms with E-state index in [1.54, 1.807) is 0 Å². The second-order valence-electron chi connectivity index (χ2n) is 4.13. The minimum absolute atomic E-state index is 0.473. The highest BCUT2D eigenvalue weighted by Crippen LogP contribution is 2.55. The van der Waals surface area contributed by atoms with Crippen molar-refractivity contribution in [3.8, 4) is 0 Å². The maximum atomic E-state index is 11.4. The van der Waals surface area contributed by atoms with Crippen LogP contribution in [0.1, 0.15) is 45.4 Å². The zero-order valence-corrected chi connectivity index (χ0v) is 7.23. The average molecular weight is 152 g/mol. The third-order valence-corrected chi connectivity index (χ3v) is 3.86. The Hall–Kier alpha value is -0.330. The summed E-state index contributed by atoms with van der Waals surface area (Å²) < 4.78 is 0. The molecular formula is C10H16O. The summed E-state index contributed by atoms with van der Waals surface area (Å²) in [6, 6.07) is 0. The monoisotopic (exact) mass is 152 g/mol. The first-order chi connectivity index (χ1) is 5.28. The van der Waals surface area contributed by atoms with Crippen LogP contribution in [-0.4, -0.2) is 5.78 Å². The fourth-order valence-electron chi connectivity index (χ4n) is 2.89. The Balaban J connectivity index is 2.15. The molecule has 2 fully saturated rings. The number of fused-ring (bicyclic) bond motifs is 1. The first-order valence-electron chi connectivity index (χ1n) is 4.81. The van der Waals surface area contributed by atoms with Crippen LogP contribution in [-0.2, 0) is 4.79 Å². The Morgan fingerprint density at radius 2 is 2.36 bits per heavy atom. The van der Waals surface area contributed by atoms with Gasteiger partial charge < -0.3 is 0 Å². The van der Waals surface area contributed by atoms with Gasteiger partial charge in [0.25, 0.3) is 0 Å². The largest absolute Gasteiger partial charge is 0.299 e. The molecule has 0 amide bonds. The van der Waals surface area contributed by atoms with E-state index >= 15 is 0 Å². The average Bonchev–Trinajstić information content (AvgIpc) is 1.94. The van der Waals surface area contributed by atoms with Crippen LogP contribution in [0.15, 0.2) is 0 Å². The number of Topliss-reactive ketones (excluding diaryl/α,β-unsaturated/α-hetero) is 1. The molecule has 0 spiro atoms. The van der Waals surface area contributed by atoms with Crippen LogP contribution in [0.5, 0.6) is 0 Å². The molecule has 0 aliphatic heterocycles. The Kier molecular flexibility index (Phi) is 1.55. The van der Waals surface area contributed by atoms with Gasteiger partial charge >= 0.3 is 0 Å². The van der Waals surface area contributed by atoms with Crippen LogP contribution >= 0.6 is 0 Å². The Labute approximate surface area is 68.2 Å². The van der Waals surface area contributed by atoms with Crippen molar-refractivity contribution in [2.75, 3.05) is 0 Å². The summed E-state index contributed by atoms with van der Waals surface area (Å²) in [5.41, 5.74) is 0.481. The fourth-order valence-corrected chi connectivity index (χ4v) is 2.89. The van der Waals surface area contributed by atoms with E-state index in [0.717, 1.165) is 12.8 Å². The number of hydrogen-bond acceptors (Lipinski definition) is 1. The smallest absolute Gasteiger partial charge is 0.136 e. The Morgan fingerprint density at radius 1 is 1.55 bits per heavy atom. The standard InChI is InChI=1S/C10H16O/c1-2-10-6-3-4-9(11)8(10)5-7-10/h8H,2-7H2,1H3/t8-,10-/m0/s1. The van der Waals surface area contributed by atoms with Gasteiger partial charge in [-0.2, -0.15) is 0 Å². The van der Waals surface area contributed by atoms with Gasteiger partial charge in [0.05, 0.1) is 0 Å². The lowest BCUT2D eigenvalue weighted by molar-refractivity contribution is -0.139. The minimum atomic E-state index is 0.473. The first kappa shape index (κ1) is 7.33. The van der Waals surface area contributed by atoms with Crippen molar-refractivity contribution < 1.29 is 4.79 Å². The van der Waals surface area contributed by atoms with E-state index in [0.29, 0.717) is 17.1 Å². The molecule has 0 radical (unpaired) electrons. The van der Waals surface area contributed by atoms with Crippen molar-refractivity contribution in [3.63, 3.8) is 0 Å². The molecule has 0 bridgehead atoms. The minimum Gasteiger partial charge on any atom is -0.299 e. The van der Waals surface area contributed by atoms with E-state index in [1.165, 1.54) is 25.7 Å². The molecule has 0 aromatic rings. The van der Waals surface area contributed by atoms with Gasteiger partial charge in [-0.15, -0.1) is 0 Å². The van der Waals surface area contributed by atoms with Crippen molar-refractivity contribution in [2.45, 2.75) is 45.4 Å². The summed E-state index contributed by atoms with van der Waals surface area (Å²) in [4.78, 5) is 11.4. The third-order valence-electron chi connectivity index (χ3n) is 3.86. The van der Waals surface area contributed by atoms with Crippen molar-refractivity contribution >= 4 is 5.78 Å². The molecule has 1 heteroatoms. The Morgan fingerprint density at radius 3 is 2.82 bits per heavy atom. The molecule has 11 heavy (non-hydrogen) atoms. The topological polar surface area (TPSA) is 17.1 Å². The molecule has 1 nitrogen and oxygen atoms in total. The maximum absolute atomic E-state index is 11.4. The predicted molar refractivity (Wildman–Crippen MR) is 44.3 cm³/mol. The van der Waals surface area contributed by atoms with Crippen LogP contribution in [0, 0.1) is 11.3 Å². The fraction of sp³-hybridized carbons (Fsp3) is 0.900. The lowest BCUT2D eigenvalue weighted by Crippen LogP contribution is -2.47. The molecule has 2 saturated carbocycles. The lowest BCUT2D eigenvalue weighted by atomic mass is 9.52.